The highest BCUT2D eigenvalue weighted by Crippen LogP contribution is 2.27. The van der Waals surface area contributed by atoms with Crippen LogP contribution in [0.3, 0.4) is 0 Å². The average Bonchev–Trinajstić information content (AvgIpc) is 2.28. The molecule has 0 aliphatic rings. The molecule has 0 amide bonds. The van der Waals surface area contributed by atoms with Gasteiger partial charge in [-0.1, -0.05) is 0 Å². The molecule has 0 fully saturated rings. The van der Waals surface area contributed by atoms with Gasteiger partial charge in [-0.2, -0.15) is 0 Å². The molecule has 0 aliphatic carbocycles. The highest BCUT2D eigenvalue weighted by atomic mass is 16.5. The van der Waals surface area contributed by atoms with Crippen molar-refractivity contribution in [3.05, 3.63) is 23.3 Å². The Morgan fingerprint density at radius 2 is 1.93 bits per heavy atom. The molecule has 0 heterocycles. The van der Waals surface area contributed by atoms with Gasteiger partial charge in [-0.3, -0.25) is 4.79 Å². The van der Waals surface area contributed by atoms with Gasteiger partial charge in [0.15, 0.2) is 6.29 Å². The van der Waals surface area contributed by atoms with Crippen molar-refractivity contribution in [2.75, 3.05) is 21.3 Å². The number of methoxy groups -OCH3 is 3. The first-order valence-electron chi connectivity index (χ1n) is 4.45. The van der Waals surface area contributed by atoms with Gasteiger partial charge in [-0.25, -0.2) is 0 Å². The van der Waals surface area contributed by atoms with E-state index in [2.05, 4.69) is 0 Å². The van der Waals surface area contributed by atoms with Gasteiger partial charge in [0.1, 0.15) is 11.5 Å². The number of hydrogen-bond acceptors (Lipinski definition) is 4. The zero-order chi connectivity index (χ0) is 11.3. The lowest BCUT2D eigenvalue weighted by atomic mass is 10.1. The van der Waals surface area contributed by atoms with Crippen molar-refractivity contribution in [1.82, 2.24) is 0 Å². The van der Waals surface area contributed by atoms with E-state index < -0.39 is 0 Å². The summed E-state index contributed by atoms with van der Waals surface area (Å²) in [6, 6.07) is 3.43. The van der Waals surface area contributed by atoms with Crippen molar-refractivity contribution in [2.45, 2.75) is 6.61 Å². The van der Waals surface area contributed by atoms with Crippen LogP contribution in [0.2, 0.25) is 0 Å². The Balaban J connectivity index is 3.25. The van der Waals surface area contributed by atoms with E-state index in [-0.39, 0.29) is 0 Å². The molecule has 4 nitrogen and oxygen atoms in total. The molecule has 0 N–H and O–H groups in total. The van der Waals surface area contributed by atoms with Crippen LogP contribution in [0.5, 0.6) is 11.5 Å². The smallest absolute Gasteiger partial charge is 0.154 e. The summed E-state index contributed by atoms with van der Waals surface area (Å²) >= 11 is 0. The minimum Gasteiger partial charge on any atom is -0.497 e. The summed E-state index contributed by atoms with van der Waals surface area (Å²) in [4.78, 5) is 10.9. The molecule has 0 bridgehead atoms. The molecule has 0 aliphatic heterocycles. The predicted molar refractivity (Wildman–Crippen MR) is 55.6 cm³/mol. The molecule has 82 valence electrons. The van der Waals surface area contributed by atoms with Gasteiger partial charge in [0.2, 0.25) is 0 Å². The number of benzene rings is 1. The van der Waals surface area contributed by atoms with Gasteiger partial charge >= 0.3 is 0 Å². The monoisotopic (exact) mass is 210 g/mol. The normalized spacial score (nSPS) is 9.80. The van der Waals surface area contributed by atoms with E-state index in [0.717, 1.165) is 11.8 Å². The number of rotatable bonds is 5. The number of carbonyl (C=O) groups excluding carboxylic acids is 1. The molecule has 0 atom stereocenters. The van der Waals surface area contributed by atoms with Crippen LogP contribution in [0.1, 0.15) is 15.9 Å². The average molecular weight is 210 g/mol. The fourth-order valence-electron chi connectivity index (χ4n) is 1.35. The summed E-state index contributed by atoms with van der Waals surface area (Å²) in [6.45, 7) is 0.349. The molecular weight excluding hydrogens is 196 g/mol. The van der Waals surface area contributed by atoms with Gasteiger partial charge < -0.3 is 14.2 Å². The molecule has 0 unspecified atom stereocenters. The molecule has 0 spiro atoms. The number of carbonyl (C=O) groups is 1. The molecule has 1 aromatic rings. The molecule has 4 heteroatoms. The first kappa shape index (κ1) is 11.5. The van der Waals surface area contributed by atoms with Crippen molar-refractivity contribution >= 4 is 6.29 Å². The third-order valence-electron chi connectivity index (χ3n) is 2.07. The fraction of sp³-hybridized carbons (Fsp3) is 0.364. The van der Waals surface area contributed by atoms with Crippen LogP contribution in [0.15, 0.2) is 12.1 Å². The predicted octanol–water partition coefficient (Wildman–Crippen LogP) is 1.66. The third kappa shape index (κ3) is 2.47. The van der Waals surface area contributed by atoms with Crippen molar-refractivity contribution < 1.29 is 19.0 Å². The van der Waals surface area contributed by atoms with E-state index in [1.807, 2.05) is 0 Å². The molecule has 0 aromatic heterocycles. The van der Waals surface area contributed by atoms with Crippen molar-refractivity contribution in [2.24, 2.45) is 0 Å². The maximum absolute atomic E-state index is 10.9. The number of aldehydes is 1. The Morgan fingerprint density at radius 1 is 1.20 bits per heavy atom. The molecule has 0 saturated heterocycles. The zero-order valence-corrected chi connectivity index (χ0v) is 9.07. The van der Waals surface area contributed by atoms with Crippen molar-refractivity contribution in [1.29, 1.82) is 0 Å². The second kappa shape index (κ2) is 5.36. The Morgan fingerprint density at radius 3 is 2.40 bits per heavy atom. The molecule has 15 heavy (non-hydrogen) atoms. The second-order valence-electron chi connectivity index (χ2n) is 2.95. The van der Waals surface area contributed by atoms with E-state index in [1.54, 1.807) is 26.4 Å². The minimum atomic E-state index is 0.349. The summed E-state index contributed by atoms with van der Waals surface area (Å²) < 4.78 is 15.2. The lowest BCUT2D eigenvalue weighted by molar-refractivity contribution is 0.111. The van der Waals surface area contributed by atoms with Crippen LogP contribution in [-0.4, -0.2) is 27.6 Å². The van der Waals surface area contributed by atoms with Crippen LogP contribution in [-0.2, 0) is 11.3 Å². The molecular formula is C11H14O4. The third-order valence-corrected chi connectivity index (χ3v) is 2.07. The maximum Gasteiger partial charge on any atom is 0.154 e. The highest BCUT2D eigenvalue weighted by Gasteiger charge is 2.11. The fourth-order valence-corrected chi connectivity index (χ4v) is 1.35. The first-order valence-corrected chi connectivity index (χ1v) is 4.45. The standard InChI is InChI=1S/C11H14O4/c1-13-7-8-4-9(14-2)5-11(15-3)10(8)6-12/h4-6H,7H2,1-3H3. The van der Waals surface area contributed by atoms with Gasteiger partial charge in [0, 0.05) is 13.2 Å². The lowest BCUT2D eigenvalue weighted by Gasteiger charge is -2.11. The van der Waals surface area contributed by atoms with Gasteiger partial charge in [0.25, 0.3) is 0 Å². The highest BCUT2D eigenvalue weighted by molar-refractivity contribution is 5.82. The maximum atomic E-state index is 10.9. The number of hydrogen-bond donors (Lipinski definition) is 0. The van der Waals surface area contributed by atoms with E-state index in [4.69, 9.17) is 14.2 Å². The summed E-state index contributed by atoms with van der Waals surface area (Å²) in [5, 5.41) is 0. The lowest BCUT2D eigenvalue weighted by Crippen LogP contribution is -2.00. The van der Waals surface area contributed by atoms with E-state index in [1.165, 1.54) is 7.11 Å². The van der Waals surface area contributed by atoms with Crippen LogP contribution in [0.4, 0.5) is 0 Å². The molecule has 1 rings (SSSR count). The Labute approximate surface area is 88.8 Å². The summed E-state index contributed by atoms with van der Waals surface area (Å²) in [7, 11) is 4.64. The van der Waals surface area contributed by atoms with Crippen LogP contribution in [0, 0.1) is 0 Å². The Kier molecular flexibility index (Phi) is 4.12. The SMILES string of the molecule is COCc1cc(OC)cc(OC)c1C=O. The topological polar surface area (TPSA) is 44.8 Å². The van der Waals surface area contributed by atoms with E-state index in [9.17, 15) is 4.79 Å². The van der Waals surface area contributed by atoms with Crippen molar-refractivity contribution in [3.63, 3.8) is 0 Å². The molecule has 0 saturated carbocycles. The van der Waals surface area contributed by atoms with Crippen LogP contribution < -0.4 is 9.47 Å². The molecule has 1 aromatic carbocycles. The van der Waals surface area contributed by atoms with Gasteiger partial charge in [-0.15, -0.1) is 0 Å². The second-order valence-corrected chi connectivity index (χ2v) is 2.95. The molecule has 0 radical (unpaired) electrons. The van der Waals surface area contributed by atoms with Crippen LogP contribution in [0.25, 0.3) is 0 Å². The van der Waals surface area contributed by atoms with Gasteiger partial charge in [0.05, 0.1) is 26.4 Å². The van der Waals surface area contributed by atoms with E-state index in [0.29, 0.717) is 23.7 Å². The number of ether oxygens (including phenoxy) is 3. The van der Waals surface area contributed by atoms with E-state index >= 15 is 0 Å². The van der Waals surface area contributed by atoms with Crippen LogP contribution >= 0.6 is 0 Å². The Bertz CT molecular complexity index is 347. The van der Waals surface area contributed by atoms with Gasteiger partial charge in [-0.05, 0) is 11.6 Å². The summed E-state index contributed by atoms with van der Waals surface area (Å²) in [6.07, 6.45) is 0.757. The summed E-state index contributed by atoms with van der Waals surface area (Å²) in [5.41, 5.74) is 1.25. The quantitative estimate of drug-likeness (QED) is 0.693. The van der Waals surface area contributed by atoms with Crippen molar-refractivity contribution in [3.8, 4) is 11.5 Å². The minimum absolute atomic E-state index is 0.349. The Hall–Kier alpha value is -1.55. The largest absolute Gasteiger partial charge is 0.497 e. The zero-order valence-electron chi connectivity index (χ0n) is 9.07. The first-order chi connectivity index (χ1) is 7.26. The summed E-state index contributed by atoms with van der Waals surface area (Å²) in [5.74, 6) is 1.14.